The molecule has 6 nitrogen and oxygen atoms in total. The van der Waals surface area contributed by atoms with Gasteiger partial charge in [-0.1, -0.05) is 41.4 Å². The van der Waals surface area contributed by atoms with Gasteiger partial charge >= 0.3 is 0 Å². The number of hydrogen-bond donors (Lipinski definition) is 2. The standard InChI is InChI=1S/C17H17Cl2N3O3/c1-17(2,11-7-8-12(18)13(19)9-11)21-16(23)10-20-14-5-3-4-6-15(14)22(24)25/h3-9,20H,10H2,1-2H3,(H,21,23). The van der Waals surface area contributed by atoms with Crippen molar-refractivity contribution in [1.82, 2.24) is 5.32 Å². The van der Waals surface area contributed by atoms with Gasteiger partial charge in [-0.15, -0.1) is 0 Å². The van der Waals surface area contributed by atoms with Crippen LogP contribution in [0.25, 0.3) is 0 Å². The minimum atomic E-state index is -0.685. The molecular weight excluding hydrogens is 365 g/mol. The molecule has 2 aromatic carbocycles. The SMILES string of the molecule is CC(C)(NC(=O)CNc1ccccc1[N+](=O)[O-])c1ccc(Cl)c(Cl)c1. The van der Waals surface area contributed by atoms with Crippen LogP contribution in [0.5, 0.6) is 0 Å². The Morgan fingerprint density at radius 3 is 2.48 bits per heavy atom. The summed E-state index contributed by atoms with van der Waals surface area (Å²) in [5.41, 5.74) is 0.310. The molecule has 25 heavy (non-hydrogen) atoms. The summed E-state index contributed by atoms with van der Waals surface area (Å²) >= 11 is 11.9. The molecule has 2 aromatic rings. The van der Waals surface area contributed by atoms with Gasteiger partial charge in [0.15, 0.2) is 0 Å². The number of nitro groups is 1. The number of rotatable bonds is 6. The van der Waals surface area contributed by atoms with Crippen molar-refractivity contribution in [2.24, 2.45) is 0 Å². The summed E-state index contributed by atoms with van der Waals surface area (Å²) in [6, 6.07) is 11.3. The minimum absolute atomic E-state index is 0.0842. The van der Waals surface area contributed by atoms with Crippen molar-refractivity contribution < 1.29 is 9.72 Å². The highest BCUT2D eigenvalue weighted by atomic mass is 35.5. The highest BCUT2D eigenvalue weighted by Gasteiger charge is 2.24. The van der Waals surface area contributed by atoms with Crippen LogP contribution in [-0.2, 0) is 10.3 Å². The van der Waals surface area contributed by atoms with Gasteiger partial charge in [-0.2, -0.15) is 0 Å². The van der Waals surface area contributed by atoms with Crippen molar-refractivity contribution in [2.45, 2.75) is 19.4 Å². The van der Waals surface area contributed by atoms with Gasteiger partial charge < -0.3 is 10.6 Å². The Hall–Kier alpha value is -2.31. The molecule has 0 radical (unpaired) electrons. The molecular formula is C17H17Cl2N3O3. The van der Waals surface area contributed by atoms with E-state index >= 15 is 0 Å². The lowest BCUT2D eigenvalue weighted by Crippen LogP contribution is -2.43. The van der Waals surface area contributed by atoms with Crippen LogP contribution in [0.2, 0.25) is 10.0 Å². The van der Waals surface area contributed by atoms with Gasteiger partial charge in [-0.25, -0.2) is 0 Å². The molecule has 0 atom stereocenters. The Morgan fingerprint density at radius 1 is 1.16 bits per heavy atom. The van der Waals surface area contributed by atoms with Crippen molar-refractivity contribution in [2.75, 3.05) is 11.9 Å². The highest BCUT2D eigenvalue weighted by molar-refractivity contribution is 6.42. The Bertz CT molecular complexity index is 809. The van der Waals surface area contributed by atoms with E-state index in [1.165, 1.54) is 6.07 Å². The number of amides is 1. The van der Waals surface area contributed by atoms with Crippen molar-refractivity contribution in [3.05, 3.63) is 68.2 Å². The molecule has 0 aliphatic heterocycles. The number of nitro benzene ring substituents is 1. The molecule has 1 amide bonds. The summed E-state index contributed by atoms with van der Waals surface area (Å²) < 4.78 is 0. The number of anilines is 1. The molecule has 0 heterocycles. The smallest absolute Gasteiger partial charge is 0.292 e. The third-order valence-corrected chi connectivity index (χ3v) is 4.37. The molecule has 0 spiro atoms. The molecule has 132 valence electrons. The van der Waals surface area contributed by atoms with Gasteiger partial charge in [0.25, 0.3) is 5.69 Å². The molecule has 0 aromatic heterocycles. The molecule has 2 rings (SSSR count). The second-order valence-corrected chi connectivity index (χ2v) is 6.74. The summed E-state index contributed by atoms with van der Waals surface area (Å²) in [6.07, 6.45) is 0. The molecule has 0 bridgehead atoms. The highest BCUT2D eigenvalue weighted by Crippen LogP contribution is 2.28. The maximum atomic E-state index is 12.2. The summed E-state index contributed by atoms with van der Waals surface area (Å²) in [5, 5.41) is 17.5. The zero-order valence-corrected chi connectivity index (χ0v) is 15.2. The fourth-order valence-corrected chi connectivity index (χ4v) is 2.61. The van der Waals surface area contributed by atoms with Gasteiger partial charge in [0.2, 0.25) is 5.91 Å². The molecule has 0 saturated heterocycles. The first-order valence-corrected chi connectivity index (χ1v) is 8.20. The van der Waals surface area contributed by atoms with Gasteiger partial charge in [-0.05, 0) is 37.6 Å². The number of nitrogens with zero attached hydrogens (tertiary/aromatic N) is 1. The molecule has 0 unspecified atom stereocenters. The zero-order chi connectivity index (χ0) is 18.6. The lowest BCUT2D eigenvalue weighted by atomic mass is 9.94. The maximum absolute atomic E-state index is 12.2. The summed E-state index contributed by atoms with van der Waals surface area (Å²) in [5.74, 6) is -0.311. The Kier molecular flexibility index (Phi) is 5.87. The fourth-order valence-electron chi connectivity index (χ4n) is 2.31. The second-order valence-electron chi connectivity index (χ2n) is 5.93. The third kappa shape index (κ3) is 4.84. The summed E-state index contributed by atoms with van der Waals surface area (Å²) in [7, 11) is 0. The van der Waals surface area contributed by atoms with E-state index in [0.29, 0.717) is 10.0 Å². The van der Waals surface area contributed by atoms with Gasteiger partial charge in [0, 0.05) is 6.07 Å². The largest absolute Gasteiger partial charge is 0.371 e. The predicted molar refractivity (Wildman–Crippen MR) is 99.2 cm³/mol. The lowest BCUT2D eigenvalue weighted by molar-refractivity contribution is -0.383. The van der Waals surface area contributed by atoms with E-state index in [-0.39, 0.29) is 23.8 Å². The van der Waals surface area contributed by atoms with Crippen LogP contribution < -0.4 is 10.6 Å². The van der Waals surface area contributed by atoms with Gasteiger partial charge in [0.1, 0.15) is 5.69 Å². The van der Waals surface area contributed by atoms with Gasteiger partial charge in [-0.3, -0.25) is 14.9 Å². The minimum Gasteiger partial charge on any atom is -0.371 e. The summed E-state index contributed by atoms with van der Waals surface area (Å²) in [6.45, 7) is 3.56. The van der Waals surface area contributed by atoms with E-state index in [4.69, 9.17) is 23.2 Å². The number of hydrogen-bond acceptors (Lipinski definition) is 4. The van der Waals surface area contributed by atoms with Crippen molar-refractivity contribution in [3.63, 3.8) is 0 Å². The van der Waals surface area contributed by atoms with E-state index in [0.717, 1.165) is 5.56 Å². The first-order chi connectivity index (χ1) is 11.7. The third-order valence-electron chi connectivity index (χ3n) is 3.63. The van der Waals surface area contributed by atoms with Crippen molar-refractivity contribution in [1.29, 1.82) is 0 Å². The topological polar surface area (TPSA) is 84.3 Å². The number of para-hydroxylation sites is 2. The molecule has 0 saturated carbocycles. The van der Waals surface area contributed by atoms with Crippen LogP contribution in [0, 0.1) is 10.1 Å². The van der Waals surface area contributed by atoms with E-state index < -0.39 is 10.5 Å². The normalized spacial score (nSPS) is 11.0. The Balaban J connectivity index is 2.04. The van der Waals surface area contributed by atoms with Crippen molar-refractivity contribution in [3.8, 4) is 0 Å². The van der Waals surface area contributed by atoms with Crippen LogP contribution in [-0.4, -0.2) is 17.4 Å². The van der Waals surface area contributed by atoms with Gasteiger partial charge in [0.05, 0.1) is 27.1 Å². The van der Waals surface area contributed by atoms with Crippen LogP contribution in [0.4, 0.5) is 11.4 Å². The molecule has 0 fully saturated rings. The predicted octanol–water partition coefficient (Wildman–Crippen LogP) is 4.37. The Morgan fingerprint density at radius 2 is 1.84 bits per heavy atom. The first kappa shape index (κ1) is 19.0. The second kappa shape index (κ2) is 7.72. The monoisotopic (exact) mass is 381 g/mol. The molecule has 0 aliphatic carbocycles. The number of halogens is 2. The number of benzene rings is 2. The van der Waals surface area contributed by atoms with Crippen LogP contribution in [0.3, 0.4) is 0 Å². The number of carbonyl (C=O) groups is 1. The number of carbonyl (C=O) groups excluding carboxylic acids is 1. The van der Waals surface area contributed by atoms with E-state index in [1.807, 2.05) is 13.8 Å². The average Bonchev–Trinajstić information content (AvgIpc) is 2.55. The molecule has 8 heteroatoms. The van der Waals surface area contributed by atoms with Crippen LogP contribution >= 0.6 is 23.2 Å². The molecule has 2 N–H and O–H groups in total. The maximum Gasteiger partial charge on any atom is 0.292 e. The average molecular weight is 382 g/mol. The zero-order valence-electron chi connectivity index (χ0n) is 13.7. The quantitative estimate of drug-likeness (QED) is 0.574. The van der Waals surface area contributed by atoms with Crippen LogP contribution in [0.15, 0.2) is 42.5 Å². The fraction of sp³-hybridized carbons (Fsp3) is 0.235. The number of nitrogens with one attached hydrogen (secondary N) is 2. The Labute approximate surface area is 155 Å². The lowest BCUT2D eigenvalue weighted by Gasteiger charge is -2.27. The van der Waals surface area contributed by atoms with E-state index in [1.54, 1.807) is 36.4 Å². The summed E-state index contributed by atoms with van der Waals surface area (Å²) in [4.78, 5) is 22.7. The molecule has 0 aliphatic rings. The van der Waals surface area contributed by atoms with Crippen molar-refractivity contribution >= 4 is 40.5 Å². The van der Waals surface area contributed by atoms with E-state index in [9.17, 15) is 14.9 Å². The van der Waals surface area contributed by atoms with Crippen LogP contribution in [0.1, 0.15) is 19.4 Å². The first-order valence-electron chi connectivity index (χ1n) is 7.44. The van der Waals surface area contributed by atoms with E-state index in [2.05, 4.69) is 10.6 Å².